The average Bonchev–Trinajstić information content (AvgIpc) is 2.60. The van der Waals surface area contributed by atoms with Gasteiger partial charge in [0, 0.05) is 17.2 Å². The number of carboxylic acid groups (broad SMARTS) is 1. The summed E-state index contributed by atoms with van der Waals surface area (Å²) in [5.74, 6) is -1.74. The minimum Gasteiger partial charge on any atom is -0.476 e. The molecule has 2 aromatic rings. The molecule has 0 aliphatic carbocycles. The van der Waals surface area contributed by atoms with Crippen LogP contribution in [0.4, 0.5) is 8.78 Å². The lowest BCUT2D eigenvalue weighted by Gasteiger charge is -2.09. The van der Waals surface area contributed by atoms with E-state index in [1.54, 1.807) is 12.1 Å². The lowest BCUT2D eigenvalue weighted by Crippen LogP contribution is -2.26. The largest absolute Gasteiger partial charge is 0.476 e. The lowest BCUT2D eigenvalue weighted by atomic mass is 10.3. The Kier molecular flexibility index (Phi) is 6.95. The highest BCUT2D eigenvalue weighted by Gasteiger charge is 2.17. The number of nitrogens with one attached hydrogen (secondary N) is 1. The van der Waals surface area contributed by atoms with E-state index in [2.05, 4.69) is 9.46 Å². The highest BCUT2D eigenvalue weighted by molar-refractivity contribution is 7.99. The number of alkyl halides is 1. The first-order valence-corrected chi connectivity index (χ1v) is 9.76. The van der Waals surface area contributed by atoms with Crippen molar-refractivity contribution in [2.24, 2.45) is 0 Å². The minimum absolute atomic E-state index is 0.0235. The molecule has 0 aliphatic rings. The third-order valence-corrected chi connectivity index (χ3v) is 5.53. The van der Waals surface area contributed by atoms with Crippen LogP contribution in [0.2, 0.25) is 0 Å². The van der Waals surface area contributed by atoms with Gasteiger partial charge in [-0.2, -0.15) is 4.39 Å². The second-order valence-electron chi connectivity index (χ2n) is 4.94. The number of rotatable bonds is 9. The van der Waals surface area contributed by atoms with Crippen molar-refractivity contribution in [1.82, 2.24) is 4.72 Å². The van der Waals surface area contributed by atoms with E-state index in [0.29, 0.717) is 5.75 Å². The Hall–Kier alpha value is -2.17. The first-order valence-electron chi connectivity index (χ1n) is 7.29. The molecule has 0 aromatic heterocycles. The molecule has 0 saturated carbocycles. The van der Waals surface area contributed by atoms with Crippen molar-refractivity contribution >= 4 is 27.8 Å². The molecule has 2 N–H and O–H groups in total. The summed E-state index contributed by atoms with van der Waals surface area (Å²) in [6.45, 7) is 0.147. The molecule has 26 heavy (non-hydrogen) atoms. The highest BCUT2D eigenvalue weighted by atomic mass is 32.2. The Morgan fingerprint density at radius 2 is 1.77 bits per heavy atom. The third-order valence-electron chi connectivity index (χ3n) is 3.04. The first kappa shape index (κ1) is 20.1. The highest BCUT2D eigenvalue weighted by Crippen LogP contribution is 2.22. The zero-order valence-corrected chi connectivity index (χ0v) is 14.9. The van der Waals surface area contributed by atoms with E-state index in [0.717, 1.165) is 17.0 Å². The summed E-state index contributed by atoms with van der Waals surface area (Å²) in [4.78, 5) is 11.1. The second kappa shape index (κ2) is 8.97. The quantitative estimate of drug-likeness (QED) is 0.494. The molecule has 6 nitrogen and oxygen atoms in total. The molecule has 0 radical (unpaired) electrons. The monoisotopic (exact) mass is 403 g/mol. The van der Waals surface area contributed by atoms with E-state index < -0.39 is 28.2 Å². The predicted octanol–water partition coefficient (Wildman–Crippen LogP) is 2.66. The summed E-state index contributed by atoms with van der Waals surface area (Å²) in [6, 6.07) is 10.5. The first-order chi connectivity index (χ1) is 12.3. The Balaban J connectivity index is 1.80. The molecule has 0 bridgehead atoms. The van der Waals surface area contributed by atoms with E-state index in [-0.39, 0.29) is 17.2 Å². The van der Waals surface area contributed by atoms with Gasteiger partial charge in [0.2, 0.25) is 10.0 Å². The Bertz CT molecular complexity index is 842. The van der Waals surface area contributed by atoms with Gasteiger partial charge in [0.05, 0.1) is 4.90 Å². The van der Waals surface area contributed by atoms with Crippen molar-refractivity contribution < 1.29 is 31.8 Å². The zero-order chi connectivity index (χ0) is 19.2. The summed E-state index contributed by atoms with van der Waals surface area (Å²) in [5, 5.41) is 8.42. The van der Waals surface area contributed by atoms with Gasteiger partial charge in [-0.1, -0.05) is 0 Å². The van der Waals surface area contributed by atoms with Crippen LogP contribution in [0.5, 0.6) is 5.75 Å². The maximum absolute atomic E-state index is 12.9. The van der Waals surface area contributed by atoms with E-state index in [1.807, 2.05) is 0 Å². The summed E-state index contributed by atoms with van der Waals surface area (Å²) >= 11 is 1.34. The Morgan fingerprint density at radius 1 is 1.15 bits per heavy atom. The zero-order valence-electron chi connectivity index (χ0n) is 13.3. The minimum atomic E-state index is -3.71. The van der Waals surface area contributed by atoms with Crippen LogP contribution in [0, 0.1) is 5.82 Å². The molecular weight excluding hydrogens is 388 g/mol. The van der Waals surface area contributed by atoms with Gasteiger partial charge in [0.15, 0.2) is 0 Å². The number of carboxylic acids is 1. The number of hydrogen-bond donors (Lipinski definition) is 2. The molecule has 0 fully saturated rings. The van der Waals surface area contributed by atoms with Crippen molar-refractivity contribution in [3.05, 3.63) is 54.3 Å². The maximum Gasteiger partial charge on any atom is 0.378 e. The number of benzene rings is 2. The van der Waals surface area contributed by atoms with Crippen LogP contribution in [-0.2, 0) is 14.8 Å². The molecule has 0 spiro atoms. The van der Waals surface area contributed by atoms with Gasteiger partial charge in [0.25, 0.3) is 0 Å². The number of thioether (sulfide) groups is 1. The summed E-state index contributed by atoms with van der Waals surface area (Å²) < 4.78 is 56.7. The third kappa shape index (κ3) is 5.97. The van der Waals surface area contributed by atoms with Crippen LogP contribution in [0.25, 0.3) is 0 Å². The number of sulfonamides is 1. The molecule has 2 rings (SSSR count). The van der Waals surface area contributed by atoms with Crippen LogP contribution in [-0.4, -0.2) is 38.1 Å². The fraction of sp³-hybridized carbons (Fsp3) is 0.188. The van der Waals surface area contributed by atoms with Gasteiger partial charge >= 0.3 is 12.3 Å². The number of ether oxygens (including phenoxy) is 1. The standard InChI is InChI=1S/C16H15F2NO5S2/c17-11-1-7-14(8-2-11)26(22,23)19-9-10-25-13-5-3-12(4-6-13)24-15(18)16(20)21/h1-8,15,19H,9-10H2,(H,20,21). The average molecular weight is 403 g/mol. The van der Waals surface area contributed by atoms with Crippen LogP contribution < -0.4 is 9.46 Å². The number of hydrogen-bond acceptors (Lipinski definition) is 5. The summed E-state index contributed by atoms with van der Waals surface area (Å²) in [7, 11) is -3.71. The predicted molar refractivity (Wildman–Crippen MR) is 91.9 cm³/mol. The fourth-order valence-corrected chi connectivity index (χ4v) is 3.76. The number of aliphatic carboxylic acids is 1. The molecule has 0 amide bonds. The summed E-state index contributed by atoms with van der Waals surface area (Å²) in [5.41, 5.74) is 0. The van der Waals surface area contributed by atoms with E-state index >= 15 is 0 Å². The van der Waals surface area contributed by atoms with Gasteiger partial charge < -0.3 is 9.84 Å². The Labute approximate surface area is 153 Å². The van der Waals surface area contributed by atoms with Crippen molar-refractivity contribution in [2.45, 2.75) is 16.1 Å². The van der Waals surface area contributed by atoms with Crippen LogP contribution >= 0.6 is 11.8 Å². The van der Waals surface area contributed by atoms with Crippen molar-refractivity contribution in [1.29, 1.82) is 0 Å². The normalized spacial score (nSPS) is 12.5. The maximum atomic E-state index is 12.9. The topological polar surface area (TPSA) is 92.7 Å². The van der Waals surface area contributed by atoms with Crippen LogP contribution in [0.1, 0.15) is 0 Å². The molecule has 0 aliphatic heterocycles. The molecule has 1 atom stereocenters. The molecular formula is C16H15F2NO5S2. The lowest BCUT2D eigenvalue weighted by molar-refractivity contribution is -0.153. The Morgan fingerprint density at radius 3 is 2.35 bits per heavy atom. The van der Waals surface area contributed by atoms with Crippen LogP contribution in [0.15, 0.2) is 58.3 Å². The van der Waals surface area contributed by atoms with Crippen molar-refractivity contribution in [3.8, 4) is 5.75 Å². The smallest absolute Gasteiger partial charge is 0.378 e. The van der Waals surface area contributed by atoms with Crippen molar-refractivity contribution in [3.63, 3.8) is 0 Å². The van der Waals surface area contributed by atoms with Crippen LogP contribution in [0.3, 0.4) is 0 Å². The fourth-order valence-electron chi connectivity index (χ4n) is 1.83. The second-order valence-corrected chi connectivity index (χ2v) is 7.88. The molecule has 10 heteroatoms. The molecule has 140 valence electrons. The van der Waals surface area contributed by atoms with Gasteiger partial charge in [-0.25, -0.2) is 22.3 Å². The molecule has 0 saturated heterocycles. The molecule has 1 unspecified atom stereocenters. The number of carbonyl (C=O) groups is 1. The SMILES string of the molecule is O=C(O)C(F)Oc1ccc(SCCNS(=O)(=O)c2ccc(F)cc2)cc1. The van der Waals surface area contributed by atoms with Gasteiger partial charge in [-0.15, -0.1) is 11.8 Å². The van der Waals surface area contributed by atoms with Gasteiger partial charge in [0.1, 0.15) is 11.6 Å². The van der Waals surface area contributed by atoms with Crippen molar-refractivity contribution in [2.75, 3.05) is 12.3 Å². The summed E-state index contributed by atoms with van der Waals surface area (Å²) in [6.07, 6.45) is -2.44. The van der Waals surface area contributed by atoms with E-state index in [9.17, 15) is 22.0 Å². The number of halogens is 2. The molecule has 2 aromatic carbocycles. The molecule has 0 heterocycles. The van der Waals surface area contributed by atoms with E-state index in [4.69, 9.17) is 5.11 Å². The van der Waals surface area contributed by atoms with Gasteiger partial charge in [-0.05, 0) is 48.5 Å². The van der Waals surface area contributed by atoms with E-state index in [1.165, 1.54) is 36.0 Å². The van der Waals surface area contributed by atoms with Gasteiger partial charge in [-0.3, -0.25) is 0 Å².